The molecule has 2 N–H and O–H groups in total. The minimum Gasteiger partial charge on any atom is -0.481 e. The number of anilines is 1. The monoisotopic (exact) mass is 276 g/mol. The number of nitrogens with one attached hydrogen (secondary N) is 1. The predicted molar refractivity (Wildman–Crippen MR) is 72.3 cm³/mol. The van der Waals surface area contributed by atoms with Crippen molar-refractivity contribution in [3.63, 3.8) is 0 Å². The molecular weight excluding hydrogens is 260 g/mol. The number of carbonyl (C=O) groups is 2. The van der Waals surface area contributed by atoms with Crippen molar-refractivity contribution >= 4 is 17.6 Å². The fourth-order valence-corrected chi connectivity index (χ4v) is 1.54. The van der Waals surface area contributed by atoms with Crippen molar-refractivity contribution in [3.05, 3.63) is 24.3 Å². The van der Waals surface area contributed by atoms with E-state index >= 15 is 0 Å². The van der Waals surface area contributed by atoms with Gasteiger partial charge >= 0.3 is 5.97 Å². The van der Waals surface area contributed by atoms with E-state index < -0.39 is 5.97 Å². The van der Waals surface area contributed by atoms with Crippen LogP contribution in [0.5, 0.6) is 5.75 Å². The summed E-state index contributed by atoms with van der Waals surface area (Å²) in [5.41, 5.74) is 0.637. The van der Waals surface area contributed by atoms with Crippen LogP contribution >= 0.6 is 0 Å². The van der Waals surface area contributed by atoms with E-state index in [1.165, 1.54) is 0 Å². The van der Waals surface area contributed by atoms with Gasteiger partial charge in [-0.1, -0.05) is 0 Å². The fraction of sp³-hybridized carbons (Fsp3) is 0.357. The van der Waals surface area contributed by atoms with E-state index in [1.807, 2.05) is 6.07 Å². The minimum atomic E-state index is -0.849. The molecule has 0 aliphatic rings. The summed E-state index contributed by atoms with van der Waals surface area (Å²) in [5, 5.41) is 19.5. The second-order valence-corrected chi connectivity index (χ2v) is 4.12. The number of carboxylic acids is 1. The molecule has 0 radical (unpaired) electrons. The number of nitriles is 1. The second kappa shape index (κ2) is 8.53. The van der Waals surface area contributed by atoms with Crippen LogP contribution in [0.4, 0.5) is 5.69 Å². The van der Waals surface area contributed by atoms with Crippen LogP contribution in [-0.4, -0.2) is 23.6 Å². The highest BCUT2D eigenvalue weighted by atomic mass is 16.5. The van der Waals surface area contributed by atoms with Crippen LogP contribution < -0.4 is 10.1 Å². The molecule has 0 saturated heterocycles. The largest absolute Gasteiger partial charge is 0.481 e. The van der Waals surface area contributed by atoms with Gasteiger partial charge in [-0.15, -0.1) is 0 Å². The Morgan fingerprint density at radius 3 is 2.45 bits per heavy atom. The number of benzene rings is 1. The quantitative estimate of drug-likeness (QED) is 0.709. The number of hydrogen-bond acceptors (Lipinski definition) is 4. The van der Waals surface area contributed by atoms with E-state index in [9.17, 15) is 9.59 Å². The lowest BCUT2D eigenvalue weighted by Gasteiger charge is -2.06. The highest BCUT2D eigenvalue weighted by Crippen LogP contribution is 2.16. The summed E-state index contributed by atoms with van der Waals surface area (Å²) in [6.07, 6.45) is 1.41. The number of unbranched alkanes of at least 4 members (excludes halogenated alkanes) is 1. The van der Waals surface area contributed by atoms with Crippen LogP contribution in [-0.2, 0) is 9.59 Å². The molecule has 1 rings (SSSR count). The molecule has 0 aliphatic heterocycles. The van der Waals surface area contributed by atoms with Gasteiger partial charge < -0.3 is 15.2 Å². The zero-order valence-corrected chi connectivity index (χ0v) is 11.0. The highest BCUT2D eigenvalue weighted by molar-refractivity contribution is 5.90. The van der Waals surface area contributed by atoms with Crippen molar-refractivity contribution in [1.29, 1.82) is 5.26 Å². The molecule has 0 aromatic heterocycles. The minimum absolute atomic E-state index is 0.0186. The molecule has 106 valence electrons. The number of nitrogens with zero attached hydrogens (tertiary/aromatic N) is 1. The van der Waals surface area contributed by atoms with Crippen LogP contribution in [0.3, 0.4) is 0 Å². The first-order chi connectivity index (χ1) is 9.61. The molecule has 0 heterocycles. The third kappa shape index (κ3) is 6.40. The average Bonchev–Trinajstić information content (AvgIpc) is 2.43. The molecule has 6 heteroatoms. The molecule has 0 bridgehead atoms. The van der Waals surface area contributed by atoms with E-state index in [1.54, 1.807) is 24.3 Å². The molecule has 0 saturated carbocycles. The van der Waals surface area contributed by atoms with Gasteiger partial charge in [0, 0.05) is 18.5 Å². The topological polar surface area (TPSA) is 99.4 Å². The van der Waals surface area contributed by atoms with Gasteiger partial charge in [0.25, 0.3) is 0 Å². The molecular formula is C14H16N2O4. The lowest BCUT2D eigenvalue weighted by atomic mass is 10.2. The van der Waals surface area contributed by atoms with Crippen molar-refractivity contribution < 1.29 is 19.4 Å². The Labute approximate surface area is 117 Å². The molecule has 0 atom stereocenters. The van der Waals surface area contributed by atoms with Crippen molar-refractivity contribution in [3.8, 4) is 11.8 Å². The third-order valence-corrected chi connectivity index (χ3v) is 2.49. The number of hydrogen-bond donors (Lipinski definition) is 2. The lowest BCUT2D eigenvalue weighted by Crippen LogP contribution is -2.11. The normalized spacial score (nSPS) is 9.55. The summed E-state index contributed by atoms with van der Waals surface area (Å²) in [4.78, 5) is 21.9. The third-order valence-electron chi connectivity index (χ3n) is 2.49. The van der Waals surface area contributed by atoms with E-state index in [0.29, 0.717) is 30.7 Å². The summed E-state index contributed by atoms with van der Waals surface area (Å²) in [5.74, 6) is -0.439. The van der Waals surface area contributed by atoms with Crippen LogP contribution in [0.2, 0.25) is 0 Å². The Morgan fingerprint density at radius 1 is 1.20 bits per heavy atom. The molecule has 1 aromatic rings. The van der Waals surface area contributed by atoms with Crippen molar-refractivity contribution in [2.45, 2.75) is 25.7 Å². The lowest BCUT2D eigenvalue weighted by molar-refractivity contribution is -0.137. The van der Waals surface area contributed by atoms with Crippen LogP contribution in [0.25, 0.3) is 0 Å². The van der Waals surface area contributed by atoms with Gasteiger partial charge in [-0.05, 0) is 37.1 Å². The highest BCUT2D eigenvalue weighted by Gasteiger charge is 2.04. The van der Waals surface area contributed by atoms with Gasteiger partial charge in [0.05, 0.1) is 0 Å². The number of carboxylic acid groups (broad SMARTS) is 1. The maximum atomic E-state index is 11.6. The van der Waals surface area contributed by atoms with Gasteiger partial charge in [0.15, 0.2) is 6.61 Å². The molecule has 1 amide bonds. The predicted octanol–water partition coefficient (Wildman–Crippen LogP) is 2.17. The van der Waals surface area contributed by atoms with Gasteiger partial charge in [-0.25, -0.2) is 0 Å². The molecule has 0 aliphatic carbocycles. The number of aliphatic carboxylic acids is 1. The van der Waals surface area contributed by atoms with E-state index in [2.05, 4.69) is 5.32 Å². The molecule has 0 fully saturated rings. The van der Waals surface area contributed by atoms with Crippen molar-refractivity contribution in [2.75, 3.05) is 11.9 Å². The fourth-order valence-electron chi connectivity index (χ4n) is 1.54. The van der Waals surface area contributed by atoms with Crippen molar-refractivity contribution in [1.82, 2.24) is 0 Å². The van der Waals surface area contributed by atoms with E-state index in [-0.39, 0.29) is 18.9 Å². The molecule has 20 heavy (non-hydrogen) atoms. The van der Waals surface area contributed by atoms with Gasteiger partial charge in [-0.2, -0.15) is 5.26 Å². The van der Waals surface area contributed by atoms with Crippen LogP contribution in [0.1, 0.15) is 25.7 Å². The van der Waals surface area contributed by atoms with Crippen LogP contribution in [0, 0.1) is 11.3 Å². The van der Waals surface area contributed by atoms with Crippen molar-refractivity contribution in [2.24, 2.45) is 0 Å². The number of amides is 1. The van der Waals surface area contributed by atoms with Crippen LogP contribution in [0.15, 0.2) is 24.3 Å². The zero-order valence-electron chi connectivity index (χ0n) is 11.0. The average molecular weight is 276 g/mol. The summed E-state index contributed by atoms with van der Waals surface area (Å²) < 4.78 is 5.09. The number of rotatable bonds is 8. The first kappa shape index (κ1) is 15.5. The Hall–Kier alpha value is -2.55. The first-order valence-corrected chi connectivity index (χ1v) is 6.23. The Bertz CT molecular complexity index is 491. The summed E-state index contributed by atoms with van der Waals surface area (Å²) in [7, 11) is 0. The number of ether oxygens (including phenoxy) is 1. The standard InChI is InChI=1S/C14H16N2O4/c15-9-10-20-12-7-5-11(6-8-12)16-13(17)3-1-2-4-14(18)19/h5-8H,1-4,10H2,(H,16,17)(H,18,19). The summed E-state index contributed by atoms with van der Waals surface area (Å²) in [6.45, 7) is -0.0186. The Balaban J connectivity index is 2.31. The Morgan fingerprint density at radius 2 is 1.85 bits per heavy atom. The van der Waals surface area contributed by atoms with Gasteiger partial charge in [0.2, 0.25) is 5.91 Å². The second-order valence-electron chi connectivity index (χ2n) is 4.12. The maximum Gasteiger partial charge on any atom is 0.303 e. The summed E-state index contributed by atoms with van der Waals surface area (Å²) >= 11 is 0. The smallest absolute Gasteiger partial charge is 0.303 e. The molecule has 0 spiro atoms. The molecule has 6 nitrogen and oxygen atoms in total. The first-order valence-electron chi connectivity index (χ1n) is 6.23. The van der Waals surface area contributed by atoms with Gasteiger partial charge in [-0.3, -0.25) is 9.59 Å². The maximum absolute atomic E-state index is 11.6. The van der Waals surface area contributed by atoms with Gasteiger partial charge in [0.1, 0.15) is 11.8 Å². The van der Waals surface area contributed by atoms with E-state index in [0.717, 1.165) is 0 Å². The number of carbonyl (C=O) groups excluding carboxylic acids is 1. The molecule has 0 unspecified atom stereocenters. The SMILES string of the molecule is N#CCOc1ccc(NC(=O)CCCCC(=O)O)cc1. The Kier molecular flexibility index (Phi) is 6.62. The zero-order chi connectivity index (χ0) is 14.8. The summed E-state index contributed by atoms with van der Waals surface area (Å²) in [6, 6.07) is 8.56. The molecule has 1 aromatic carbocycles. The van der Waals surface area contributed by atoms with E-state index in [4.69, 9.17) is 15.1 Å².